The van der Waals surface area contributed by atoms with Crippen LogP contribution < -0.4 is 5.32 Å². The lowest BCUT2D eigenvalue weighted by Gasteiger charge is -2.20. The van der Waals surface area contributed by atoms with Gasteiger partial charge >= 0.3 is 6.18 Å². The van der Waals surface area contributed by atoms with Gasteiger partial charge in [-0.15, -0.1) is 0 Å². The number of rotatable bonds is 4. The molecule has 1 aliphatic rings. The minimum atomic E-state index is -4.15. The predicted octanol–water partition coefficient (Wildman–Crippen LogP) is 1.57. The van der Waals surface area contributed by atoms with E-state index in [1.807, 2.05) is 0 Å². The second-order valence-electron chi connectivity index (χ2n) is 4.08. The first-order valence-corrected chi connectivity index (χ1v) is 4.99. The van der Waals surface area contributed by atoms with Crippen molar-refractivity contribution in [2.45, 2.75) is 31.2 Å². The zero-order valence-corrected chi connectivity index (χ0v) is 8.65. The molecule has 1 saturated heterocycles. The quantitative estimate of drug-likeness (QED) is 0.735. The topological polar surface area (TPSA) is 15.3 Å². The first kappa shape index (κ1) is 12.7. The number of hydrogen-bond acceptors (Lipinski definition) is 2. The fourth-order valence-corrected chi connectivity index (χ4v) is 1.75. The third-order valence-corrected chi connectivity index (χ3v) is 2.48. The van der Waals surface area contributed by atoms with Gasteiger partial charge in [0.1, 0.15) is 6.17 Å². The van der Waals surface area contributed by atoms with Crippen LogP contribution in [0.2, 0.25) is 0 Å². The Labute approximate surface area is 86.6 Å². The van der Waals surface area contributed by atoms with Crippen LogP contribution in [-0.2, 0) is 0 Å². The van der Waals surface area contributed by atoms with Crippen LogP contribution in [0.1, 0.15) is 12.8 Å². The number of halogens is 4. The van der Waals surface area contributed by atoms with Crippen LogP contribution in [0.25, 0.3) is 0 Å². The van der Waals surface area contributed by atoms with E-state index >= 15 is 0 Å². The summed E-state index contributed by atoms with van der Waals surface area (Å²) in [7, 11) is 1.43. The summed E-state index contributed by atoms with van der Waals surface area (Å²) in [5.74, 6) is 0. The molecule has 1 aliphatic heterocycles. The molecular formula is C9H16F4N2. The predicted molar refractivity (Wildman–Crippen MR) is 49.5 cm³/mol. The van der Waals surface area contributed by atoms with Gasteiger partial charge in [-0.25, -0.2) is 4.39 Å². The summed E-state index contributed by atoms with van der Waals surface area (Å²) in [6.45, 7) is -0.240. The van der Waals surface area contributed by atoms with Gasteiger partial charge in [-0.1, -0.05) is 0 Å². The van der Waals surface area contributed by atoms with Gasteiger partial charge in [0.2, 0.25) is 0 Å². The second-order valence-corrected chi connectivity index (χ2v) is 4.08. The summed E-state index contributed by atoms with van der Waals surface area (Å²) in [6.07, 6.45) is -4.02. The van der Waals surface area contributed by atoms with E-state index in [0.29, 0.717) is 25.9 Å². The van der Waals surface area contributed by atoms with Gasteiger partial charge in [-0.3, -0.25) is 4.90 Å². The number of hydrogen-bond donors (Lipinski definition) is 1. The molecule has 1 fully saturated rings. The van der Waals surface area contributed by atoms with Crippen molar-refractivity contribution in [1.82, 2.24) is 10.2 Å². The van der Waals surface area contributed by atoms with Crippen LogP contribution in [0.15, 0.2) is 0 Å². The molecule has 2 unspecified atom stereocenters. The average Bonchev–Trinajstić information content (AvgIpc) is 2.45. The van der Waals surface area contributed by atoms with Crippen molar-refractivity contribution in [1.29, 1.82) is 0 Å². The van der Waals surface area contributed by atoms with Crippen LogP contribution >= 0.6 is 0 Å². The smallest absolute Gasteiger partial charge is 0.311 e. The van der Waals surface area contributed by atoms with E-state index in [2.05, 4.69) is 5.32 Å². The summed E-state index contributed by atoms with van der Waals surface area (Å²) in [5, 5.41) is 2.94. The molecule has 1 heterocycles. The Morgan fingerprint density at radius 3 is 2.53 bits per heavy atom. The Morgan fingerprint density at radius 2 is 2.07 bits per heavy atom. The Kier molecular flexibility index (Phi) is 4.33. The van der Waals surface area contributed by atoms with Crippen molar-refractivity contribution in [3.63, 3.8) is 0 Å². The Hall–Kier alpha value is -0.360. The maximum absolute atomic E-state index is 12.7. The van der Waals surface area contributed by atoms with E-state index in [-0.39, 0.29) is 6.04 Å². The highest BCUT2D eigenvalue weighted by atomic mass is 19.4. The van der Waals surface area contributed by atoms with E-state index in [1.165, 1.54) is 11.9 Å². The van der Waals surface area contributed by atoms with Gasteiger partial charge in [0, 0.05) is 12.6 Å². The lowest BCUT2D eigenvalue weighted by molar-refractivity contribution is -0.143. The van der Waals surface area contributed by atoms with Crippen LogP contribution in [0.4, 0.5) is 17.6 Å². The maximum Gasteiger partial charge on any atom is 0.401 e. The molecule has 0 aliphatic carbocycles. The lowest BCUT2D eigenvalue weighted by Crippen LogP contribution is -2.34. The van der Waals surface area contributed by atoms with Crippen LogP contribution in [0, 0.1) is 0 Å². The first-order valence-electron chi connectivity index (χ1n) is 4.99. The van der Waals surface area contributed by atoms with Gasteiger partial charge in [-0.2, -0.15) is 13.2 Å². The lowest BCUT2D eigenvalue weighted by atomic mass is 10.1. The van der Waals surface area contributed by atoms with E-state index < -0.39 is 18.9 Å². The third kappa shape index (κ3) is 5.32. The Balaban J connectivity index is 2.14. The molecule has 1 N–H and O–H groups in total. The van der Waals surface area contributed by atoms with Crippen molar-refractivity contribution in [3.8, 4) is 0 Å². The third-order valence-electron chi connectivity index (χ3n) is 2.48. The van der Waals surface area contributed by atoms with Gasteiger partial charge in [0.05, 0.1) is 6.54 Å². The zero-order valence-electron chi connectivity index (χ0n) is 8.65. The fourth-order valence-electron chi connectivity index (χ4n) is 1.75. The number of nitrogens with zero attached hydrogens (tertiary/aromatic N) is 1. The molecule has 2 nitrogen and oxygen atoms in total. The number of alkyl halides is 4. The highest BCUT2D eigenvalue weighted by Crippen LogP contribution is 2.17. The molecule has 1 rings (SSSR count). The maximum atomic E-state index is 12.7. The van der Waals surface area contributed by atoms with Crippen molar-refractivity contribution < 1.29 is 17.6 Å². The van der Waals surface area contributed by atoms with E-state index in [4.69, 9.17) is 0 Å². The van der Waals surface area contributed by atoms with Crippen molar-refractivity contribution in [3.05, 3.63) is 0 Å². The van der Waals surface area contributed by atoms with Crippen LogP contribution in [0.5, 0.6) is 0 Å². The monoisotopic (exact) mass is 228 g/mol. The molecule has 90 valence electrons. The minimum absolute atomic E-state index is 0.0238. The number of nitrogens with one attached hydrogen (secondary N) is 1. The van der Waals surface area contributed by atoms with Crippen LogP contribution in [-0.4, -0.2) is 50.0 Å². The first-order chi connectivity index (χ1) is 6.87. The molecule has 2 atom stereocenters. The molecular weight excluding hydrogens is 212 g/mol. The average molecular weight is 228 g/mol. The molecule has 0 radical (unpaired) electrons. The molecule has 0 saturated carbocycles. The normalized spacial score (nSPS) is 27.6. The minimum Gasteiger partial charge on any atom is -0.311 e. The molecule has 0 aromatic heterocycles. The van der Waals surface area contributed by atoms with Gasteiger partial charge in [0.25, 0.3) is 0 Å². The highest BCUT2D eigenvalue weighted by molar-refractivity contribution is 4.81. The molecule has 0 spiro atoms. The summed E-state index contributed by atoms with van der Waals surface area (Å²) in [4.78, 5) is 1.22. The molecule has 0 aromatic rings. The Bertz CT molecular complexity index is 195. The molecule has 0 aromatic carbocycles. The molecule has 0 bridgehead atoms. The standard InChI is InChI=1S/C9H16F4N2/c1-15(6-9(11,12)13)3-2-8-4-7(10)5-14-8/h7-8,14H,2-6H2,1H3. The van der Waals surface area contributed by atoms with Crippen molar-refractivity contribution in [2.24, 2.45) is 0 Å². The summed E-state index contributed by atoms with van der Waals surface area (Å²) in [6, 6.07) is 0.0238. The SMILES string of the molecule is CN(CCC1CC(F)CN1)CC(F)(F)F. The van der Waals surface area contributed by atoms with Crippen molar-refractivity contribution in [2.75, 3.05) is 26.7 Å². The van der Waals surface area contributed by atoms with E-state index in [1.54, 1.807) is 0 Å². The van der Waals surface area contributed by atoms with Crippen molar-refractivity contribution >= 4 is 0 Å². The Morgan fingerprint density at radius 1 is 1.40 bits per heavy atom. The van der Waals surface area contributed by atoms with E-state index in [9.17, 15) is 17.6 Å². The molecule has 0 amide bonds. The second kappa shape index (κ2) is 5.12. The fraction of sp³-hybridized carbons (Fsp3) is 1.00. The van der Waals surface area contributed by atoms with Gasteiger partial charge < -0.3 is 5.32 Å². The summed E-state index contributed by atoms with van der Waals surface area (Å²) < 4.78 is 48.6. The molecule has 6 heteroatoms. The van der Waals surface area contributed by atoms with Crippen LogP contribution in [0.3, 0.4) is 0 Å². The zero-order chi connectivity index (χ0) is 11.5. The molecule has 15 heavy (non-hydrogen) atoms. The highest BCUT2D eigenvalue weighted by Gasteiger charge is 2.30. The summed E-state index contributed by atoms with van der Waals surface area (Å²) >= 11 is 0. The van der Waals surface area contributed by atoms with E-state index in [0.717, 1.165) is 0 Å². The summed E-state index contributed by atoms with van der Waals surface area (Å²) in [5.41, 5.74) is 0. The van der Waals surface area contributed by atoms with Gasteiger partial charge in [0.15, 0.2) is 0 Å². The van der Waals surface area contributed by atoms with Gasteiger partial charge in [-0.05, 0) is 26.4 Å². The largest absolute Gasteiger partial charge is 0.401 e.